The minimum Gasteiger partial charge on any atom is -0.378 e. The quantitative estimate of drug-likeness (QED) is 0.487. The van der Waals surface area contributed by atoms with Crippen molar-refractivity contribution >= 4 is 22.9 Å². The molecule has 2 aliphatic heterocycles. The molecule has 0 aromatic carbocycles. The SMILES string of the molecule is CNc1nc(N[C@@H]2CCN(C3COC3)C[C@H]2F)nn2ccc(-c3ccn4nccc4n3)c12. The van der Waals surface area contributed by atoms with Gasteiger partial charge in [0.25, 0.3) is 0 Å². The molecule has 2 atom stereocenters. The molecule has 2 saturated heterocycles. The Morgan fingerprint density at radius 3 is 2.78 bits per heavy atom. The van der Waals surface area contributed by atoms with E-state index in [1.54, 1.807) is 15.2 Å². The first-order valence-corrected chi connectivity index (χ1v) is 10.8. The van der Waals surface area contributed by atoms with Gasteiger partial charge in [0.2, 0.25) is 5.95 Å². The van der Waals surface area contributed by atoms with Crippen LogP contribution in [0.25, 0.3) is 22.4 Å². The predicted octanol–water partition coefficient (Wildman–Crippen LogP) is 1.70. The number of halogens is 1. The molecule has 4 aromatic heterocycles. The summed E-state index contributed by atoms with van der Waals surface area (Å²) < 4.78 is 23.6. The van der Waals surface area contributed by atoms with E-state index in [2.05, 4.69) is 35.7 Å². The largest absolute Gasteiger partial charge is 0.378 e. The second-order valence-electron chi connectivity index (χ2n) is 8.25. The molecule has 0 unspecified atom stereocenters. The van der Waals surface area contributed by atoms with E-state index < -0.39 is 6.17 Å². The van der Waals surface area contributed by atoms with Gasteiger partial charge in [0.15, 0.2) is 11.5 Å². The monoisotopic (exact) mass is 437 g/mol. The van der Waals surface area contributed by atoms with Crippen molar-refractivity contribution in [3.63, 3.8) is 0 Å². The fourth-order valence-electron chi connectivity index (χ4n) is 4.45. The molecule has 0 spiro atoms. The summed E-state index contributed by atoms with van der Waals surface area (Å²) in [5.41, 5.74) is 3.29. The molecule has 0 saturated carbocycles. The minimum atomic E-state index is -0.992. The van der Waals surface area contributed by atoms with E-state index in [9.17, 15) is 4.39 Å². The van der Waals surface area contributed by atoms with Gasteiger partial charge in [-0.05, 0) is 18.6 Å². The summed E-state index contributed by atoms with van der Waals surface area (Å²) in [5.74, 6) is 1.05. The van der Waals surface area contributed by atoms with Gasteiger partial charge in [-0.1, -0.05) is 0 Å². The molecule has 32 heavy (non-hydrogen) atoms. The van der Waals surface area contributed by atoms with Crippen molar-refractivity contribution in [2.75, 3.05) is 44.0 Å². The van der Waals surface area contributed by atoms with Crippen molar-refractivity contribution in [2.24, 2.45) is 0 Å². The van der Waals surface area contributed by atoms with E-state index in [1.165, 1.54) is 0 Å². The highest BCUT2D eigenvalue weighted by Gasteiger charge is 2.35. The van der Waals surface area contributed by atoms with Crippen molar-refractivity contribution in [1.29, 1.82) is 0 Å². The smallest absolute Gasteiger partial charge is 0.243 e. The Balaban J connectivity index is 1.28. The lowest BCUT2D eigenvalue weighted by Gasteiger charge is -2.42. The average molecular weight is 437 g/mol. The first-order chi connectivity index (χ1) is 15.7. The van der Waals surface area contributed by atoms with E-state index in [4.69, 9.17) is 4.74 Å². The molecule has 0 bridgehead atoms. The Bertz CT molecular complexity index is 1270. The maximum absolute atomic E-state index is 14.9. The molecule has 0 radical (unpaired) electrons. The number of hydrogen-bond acceptors (Lipinski definition) is 8. The summed E-state index contributed by atoms with van der Waals surface area (Å²) in [5, 5.41) is 15.2. The van der Waals surface area contributed by atoms with Gasteiger partial charge in [0.05, 0.1) is 37.2 Å². The standard InChI is InChI=1S/C21H24FN9O/c1-23-20-19-14(16-5-9-30-18(25-16)2-6-24-30)3-8-31(19)28-21(27-20)26-17-4-7-29(10-15(17)22)13-11-32-12-13/h2-3,5-6,8-9,13,15,17H,4,7,10-12H2,1H3,(H2,23,26,27,28)/t15-,17-/m1/s1. The molecule has 4 aromatic rings. The van der Waals surface area contributed by atoms with E-state index in [0.717, 1.165) is 29.0 Å². The van der Waals surface area contributed by atoms with Crippen LogP contribution in [0.3, 0.4) is 0 Å². The van der Waals surface area contributed by atoms with E-state index in [1.807, 2.05) is 37.6 Å². The van der Waals surface area contributed by atoms with Crippen molar-refractivity contribution < 1.29 is 9.13 Å². The molecule has 6 rings (SSSR count). The Morgan fingerprint density at radius 1 is 1.12 bits per heavy atom. The second kappa shape index (κ2) is 7.68. The number of nitrogens with one attached hydrogen (secondary N) is 2. The van der Waals surface area contributed by atoms with Crippen LogP contribution in [0.15, 0.2) is 36.8 Å². The van der Waals surface area contributed by atoms with Crippen LogP contribution in [0.4, 0.5) is 16.2 Å². The summed E-state index contributed by atoms with van der Waals surface area (Å²) in [6, 6.07) is 5.76. The summed E-state index contributed by atoms with van der Waals surface area (Å²) in [6.45, 7) is 2.65. The van der Waals surface area contributed by atoms with Crippen LogP contribution < -0.4 is 10.6 Å². The summed E-state index contributed by atoms with van der Waals surface area (Å²) >= 11 is 0. The Hall–Kier alpha value is -3.31. The number of ether oxygens (including phenoxy) is 1. The van der Waals surface area contributed by atoms with Gasteiger partial charge >= 0.3 is 0 Å². The third-order valence-corrected chi connectivity index (χ3v) is 6.31. The predicted molar refractivity (Wildman–Crippen MR) is 118 cm³/mol. The first-order valence-electron chi connectivity index (χ1n) is 10.8. The molecule has 166 valence electrons. The molecular formula is C21H24FN9O. The highest BCUT2D eigenvalue weighted by Crippen LogP contribution is 2.30. The van der Waals surface area contributed by atoms with E-state index in [0.29, 0.717) is 44.0 Å². The Kier molecular flexibility index (Phi) is 4.65. The number of alkyl halides is 1. The van der Waals surface area contributed by atoms with Crippen molar-refractivity contribution in [3.05, 3.63) is 36.8 Å². The van der Waals surface area contributed by atoms with Crippen molar-refractivity contribution in [3.8, 4) is 11.3 Å². The van der Waals surface area contributed by atoms with Crippen LogP contribution in [0.1, 0.15) is 6.42 Å². The highest BCUT2D eigenvalue weighted by molar-refractivity contribution is 5.87. The lowest BCUT2D eigenvalue weighted by Crippen LogP contribution is -2.57. The fraction of sp³-hybridized carbons (Fsp3) is 0.429. The number of likely N-dealkylation sites (tertiary alicyclic amines) is 1. The first kappa shape index (κ1) is 19.4. The Labute approximate surface area is 183 Å². The minimum absolute atomic E-state index is 0.324. The highest BCUT2D eigenvalue weighted by atomic mass is 19.1. The number of aromatic nitrogens is 6. The zero-order valence-electron chi connectivity index (χ0n) is 17.6. The number of nitrogens with zero attached hydrogens (tertiary/aromatic N) is 7. The third-order valence-electron chi connectivity index (χ3n) is 6.31. The molecule has 2 aliphatic rings. The van der Waals surface area contributed by atoms with Gasteiger partial charge in [-0.2, -0.15) is 10.1 Å². The molecule has 2 N–H and O–H groups in total. The van der Waals surface area contributed by atoms with Crippen LogP contribution >= 0.6 is 0 Å². The second-order valence-corrected chi connectivity index (χ2v) is 8.25. The molecule has 2 fully saturated rings. The van der Waals surface area contributed by atoms with Crippen LogP contribution in [-0.4, -0.2) is 85.7 Å². The maximum Gasteiger partial charge on any atom is 0.243 e. The van der Waals surface area contributed by atoms with Crippen LogP contribution in [0.2, 0.25) is 0 Å². The lowest BCUT2D eigenvalue weighted by atomic mass is 10.0. The number of fused-ring (bicyclic) bond motifs is 2. The van der Waals surface area contributed by atoms with E-state index in [-0.39, 0.29) is 6.04 Å². The van der Waals surface area contributed by atoms with Gasteiger partial charge in [-0.3, -0.25) is 4.90 Å². The number of rotatable bonds is 5. The normalized spacial score (nSPS) is 22.3. The van der Waals surface area contributed by atoms with Gasteiger partial charge in [-0.15, -0.1) is 5.10 Å². The molecule has 6 heterocycles. The summed E-state index contributed by atoms with van der Waals surface area (Å²) in [6.07, 6.45) is 5.16. The summed E-state index contributed by atoms with van der Waals surface area (Å²) in [7, 11) is 1.81. The number of anilines is 2. The zero-order valence-corrected chi connectivity index (χ0v) is 17.6. The zero-order chi connectivity index (χ0) is 21.7. The van der Waals surface area contributed by atoms with Crippen LogP contribution in [-0.2, 0) is 4.74 Å². The topological polar surface area (TPSA) is 96.9 Å². The third kappa shape index (κ3) is 3.24. The molecule has 0 aliphatic carbocycles. The molecular weight excluding hydrogens is 413 g/mol. The van der Waals surface area contributed by atoms with Crippen molar-refractivity contribution in [2.45, 2.75) is 24.7 Å². The Morgan fingerprint density at radius 2 is 2.00 bits per heavy atom. The number of hydrogen-bond donors (Lipinski definition) is 2. The number of piperidine rings is 1. The van der Waals surface area contributed by atoms with Crippen LogP contribution in [0, 0.1) is 0 Å². The van der Waals surface area contributed by atoms with Gasteiger partial charge in [-0.25, -0.2) is 18.4 Å². The molecule has 11 heteroatoms. The van der Waals surface area contributed by atoms with Gasteiger partial charge in [0, 0.05) is 44.2 Å². The molecule has 0 amide bonds. The maximum atomic E-state index is 14.9. The van der Waals surface area contributed by atoms with Gasteiger partial charge in [0.1, 0.15) is 11.7 Å². The van der Waals surface area contributed by atoms with E-state index >= 15 is 0 Å². The average Bonchev–Trinajstić information content (AvgIpc) is 3.40. The van der Waals surface area contributed by atoms with Crippen LogP contribution in [0.5, 0.6) is 0 Å². The van der Waals surface area contributed by atoms with Gasteiger partial charge < -0.3 is 15.4 Å². The summed E-state index contributed by atoms with van der Waals surface area (Å²) in [4.78, 5) is 11.5. The lowest BCUT2D eigenvalue weighted by molar-refractivity contribution is -0.0794. The van der Waals surface area contributed by atoms with Crippen molar-refractivity contribution in [1.82, 2.24) is 34.1 Å². The molecule has 10 nitrogen and oxygen atoms in total. The fourth-order valence-corrected chi connectivity index (χ4v) is 4.45.